The number of rotatable bonds is 14. The van der Waals surface area contributed by atoms with Gasteiger partial charge in [0.15, 0.2) is 17.4 Å². The van der Waals surface area contributed by atoms with Crippen molar-refractivity contribution in [3.8, 4) is 18.1 Å². The number of carbonyl (C=O) groups excluding carboxylic acids is 1. The number of hydrogen-bond donors (Lipinski definition) is 5. The minimum Gasteiger partial charge on any atom is -0.461 e. The number of fused-ring (bicyclic) bond motifs is 1. The molecule has 1 aliphatic rings. The molecule has 0 amide bonds. The van der Waals surface area contributed by atoms with Gasteiger partial charge in [-0.2, -0.15) is 4.98 Å². The number of benzene rings is 1. The second-order valence-corrected chi connectivity index (χ2v) is 13.1. The summed E-state index contributed by atoms with van der Waals surface area (Å²) in [5.41, 5.74) is 5.10. The van der Waals surface area contributed by atoms with Crippen LogP contribution in [0.25, 0.3) is 11.2 Å². The fourth-order valence-corrected chi connectivity index (χ4v) is 6.90. The van der Waals surface area contributed by atoms with E-state index in [0.717, 1.165) is 32.1 Å². The Balaban J connectivity index is 1.52. The molecule has 1 fully saturated rings. The molecule has 2 heterocycles. The highest BCUT2D eigenvalue weighted by Gasteiger charge is 2.33. The second kappa shape index (κ2) is 14.9. The number of aromatic nitrogens is 4. The monoisotopic (exact) mass is 634 g/mol. The largest absolute Gasteiger partial charge is 0.461 e. The van der Waals surface area contributed by atoms with Gasteiger partial charge in [-0.05, 0) is 56.5 Å². The zero-order chi connectivity index (χ0) is 31.0. The van der Waals surface area contributed by atoms with Gasteiger partial charge in [0, 0.05) is 0 Å². The molecule has 14 nitrogen and oxygen atoms in total. The quantitative estimate of drug-likeness (QED) is 0.0978. The van der Waals surface area contributed by atoms with Gasteiger partial charge < -0.3 is 34.5 Å². The van der Waals surface area contributed by atoms with Gasteiger partial charge >= 0.3 is 12.6 Å². The number of nitrogens with two attached hydrogens (primary N) is 1. The average molecular weight is 635 g/mol. The van der Waals surface area contributed by atoms with Gasteiger partial charge in [-0.3, -0.25) is 19.1 Å². The molecule has 0 aliphatic heterocycles. The zero-order valence-corrected chi connectivity index (χ0v) is 25.2. The average Bonchev–Trinajstić information content (AvgIpc) is 3.42. The van der Waals surface area contributed by atoms with Gasteiger partial charge in [0.05, 0.1) is 19.5 Å². The predicted octanol–water partition coefficient (Wildman–Crippen LogP) is 1.75. The Morgan fingerprint density at radius 2 is 2.05 bits per heavy atom. The molecule has 1 unspecified atom stereocenters. The summed E-state index contributed by atoms with van der Waals surface area (Å²) in [5.74, 6) is 1.90. The highest BCUT2D eigenvalue weighted by Crippen LogP contribution is 2.45. The van der Waals surface area contributed by atoms with Crippen LogP contribution in [0.3, 0.4) is 0 Å². The minimum atomic E-state index is -3.51. The Labute approximate surface area is 253 Å². The van der Waals surface area contributed by atoms with Crippen LogP contribution in [0, 0.1) is 12.3 Å². The minimum absolute atomic E-state index is 0.0355. The standard InChI is InChI=1S/C27H35N6O8PS/c1-3-20(35)21(40-22(14-34)33-16-29-23-24(33)30-27(28)31-25(23)36)15-38-42(43,41-19-12-8-5-9-13-19)32-17(2)26(37)39-18-10-6-4-7-11-18/h1,5,8-9,12-13,16-18,20-22,34-35H,4,6-7,10-11,14-15H2,2H3,(H,32,43)(H3,28,30,31,36)/t17-,20-,21+,22+,42?/m0/s1. The number of nitrogens with one attached hydrogen (secondary N) is 2. The Morgan fingerprint density at radius 3 is 2.72 bits per heavy atom. The third-order valence-electron chi connectivity index (χ3n) is 6.69. The molecule has 1 saturated carbocycles. The van der Waals surface area contributed by atoms with Crippen molar-refractivity contribution >= 4 is 41.5 Å². The molecule has 232 valence electrons. The van der Waals surface area contributed by atoms with E-state index in [1.165, 1.54) is 10.9 Å². The Bertz CT molecular complexity index is 1520. The summed E-state index contributed by atoms with van der Waals surface area (Å²) in [5, 5.41) is 23.7. The van der Waals surface area contributed by atoms with Crippen LogP contribution in [0.2, 0.25) is 0 Å². The SMILES string of the molecule is C#C[C@H](O)[C@@H](COP(=S)(N[C@@H](C)C(=O)OC1CCCCC1)Oc1ccccc1)O[C@H](CO)n1cnc2c(=O)[nH]c(N)nc21. The number of nitrogens with zero attached hydrogens (tertiary/aromatic N) is 3. The van der Waals surface area contributed by atoms with Gasteiger partial charge in [-0.15, -0.1) is 6.42 Å². The molecule has 0 bridgehead atoms. The molecule has 2 aromatic heterocycles. The van der Waals surface area contributed by atoms with E-state index in [9.17, 15) is 19.8 Å². The van der Waals surface area contributed by atoms with E-state index in [2.05, 4.69) is 26.0 Å². The van der Waals surface area contributed by atoms with E-state index >= 15 is 0 Å². The Morgan fingerprint density at radius 1 is 1.33 bits per heavy atom. The second-order valence-electron chi connectivity index (χ2n) is 9.94. The van der Waals surface area contributed by atoms with Crippen LogP contribution < -0.4 is 20.9 Å². The van der Waals surface area contributed by atoms with Crippen molar-refractivity contribution in [2.24, 2.45) is 0 Å². The van der Waals surface area contributed by atoms with Crippen LogP contribution in [-0.4, -0.2) is 73.3 Å². The maximum absolute atomic E-state index is 12.9. The van der Waals surface area contributed by atoms with Crippen LogP contribution in [0.15, 0.2) is 41.5 Å². The van der Waals surface area contributed by atoms with Crippen LogP contribution in [0.1, 0.15) is 45.3 Å². The molecule has 16 heteroatoms. The number of nitrogen functional groups attached to an aromatic ring is 1. The van der Waals surface area contributed by atoms with Gasteiger partial charge in [0.1, 0.15) is 30.1 Å². The van der Waals surface area contributed by atoms with Crippen LogP contribution in [0.4, 0.5) is 5.95 Å². The van der Waals surface area contributed by atoms with Crippen molar-refractivity contribution in [3.05, 3.63) is 47.0 Å². The van der Waals surface area contributed by atoms with E-state index in [-0.39, 0.29) is 23.2 Å². The highest BCUT2D eigenvalue weighted by molar-refractivity contribution is 8.09. The van der Waals surface area contributed by atoms with Crippen LogP contribution in [-0.2, 0) is 30.6 Å². The molecular weight excluding hydrogens is 599 g/mol. The van der Waals surface area contributed by atoms with Crippen molar-refractivity contribution in [2.45, 2.75) is 69.6 Å². The molecule has 3 aromatic rings. The lowest BCUT2D eigenvalue weighted by molar-refractivity contribution is -0.152. The Kier molecular flexibility index (Phi) is 11.3. The first-order chi connectivity index (χ1) is 20.6. The molecular formula is C27H35N6O8PS. The van der Waals surface area contributed by atoms with Gasteiger partial charge in [-0.1, -0.05) is 30.5 Å². The summed E-state index contributed by atoms with van der Waals surface area (Å²) in [4.78, 5) is 35.5. The molecule has 43 heavy (non-hydrogen) atoms. The van der Waals surface area contributed by atoms with Gasteiger partial charge in [0.2, 0.25) is 5.95 Å². The molecule has 4 rings (SSSR count). The normalized spacial score (nSPS) is 18.2. The number of terminal acetylenes is 1. The first kappa shape index (κ1) is 32.6. The lowest BCUT2D eigenvalue weighted by Gasteiger charge is -2.31. The number of esters is 1. The number of imidazole rings is 1. The van der Waals surface area contributed by atoms with E-state index in [0.29, 0.717) is 5.75 Å². The maximum Gasteiger partial charge on any atom is 0.323 e. The molecule has 0 saturated heterocycles. The molecule has 0 radical (unpaired) electrons. The summed E-state index contributed by atoms with van der Waals surface area (Å²) in [6.45, 7) is -2.94. The fourth-order valence-electron chi connectivity index (χ4n) is 4.49. The smallest absolute Gasteiger partial charge is 0.323 e. The number of aliphatic hydroxyl groups is 2. The predicted molar refractivity (Wildman–Crippen MR) is 161 cm³/mol. The fraction of sp³-hybridized carbons (Fsp3) is 0.481. The van der Waals surface area contributed by atoms with Gasteiger partial charge in [0.25, 0.3) is 5.56 Å². The van der Waals surface area contributed by atoms with Crippen molar-refractivity contribution in [1.29, 1.82) is 0 Å². The Hall–Kier alpha value is -3.35. The number of carbonyl (C=O) groups is 1. The van der Waals surface area contributed by atoms with Crippen molar-refractivity contribution in [2.75, 3.05) is 18.9 Å². The van der Waals surface area contributed by atoms with E-state index in [1.54, 1.807) is 37.3 Å². The highest BCUT2D eigenvalue weighted by atomic mass is 32.5. The van der Waals surface area contributed by atoms with Crippen LogP contribution >= 0.6 is 6.64 Å². The zero-order valence-electron chi connectivity index (χ0n) is 23.5. The summed E-state index contributed by atoms with van der Waals surface area (Å²) >= 11 is 5.77. The summed E-state index contributed by atoms with van der Waals surface area (Å²) in [6.07, 6.45) is 7.32. The van der Waals surface area contributed by atoms with Crippen LogP contribution in [0.5, 0.6) is 5.75 Å². The third kappa shape index (κ3) is 8.61. The third-order valence-corrected chi connectivity index (χ3v) is 9.19. The first-order valence-electron chi connectivity index (χ1n) is 13.7. The number of anilines is 1. The molecule has 0 spiro atoms. The molecule has 5 atom stereocenters. The van der Waals surface area contributed by atoms with Crippen molar-refractivity contribution in [1.82, 2.24) is 24.6 Å². The summed E-state index contributed by atoms with van der Waals surface area (Å²) in [6, 6.07) is 7.76. The van der Waals surface area contributed by atoms with Crippen molar-refractivity contribution in [3.63, 3.8) is 0 Å². The maximum atomic E-state index is 12.9. The number of ether oxygens (including phenoxy) is 2. The van der Waals surface area contributed by atoms with E-state index in [1.807, 2.05) is 0 Å². The molecule has 1 aromatic carbocycles. The summed E-state index contributed by atoms with van der Waals surface area (Å²) in [7, 11) is 0. The van der Waals surface area contributed by atoms with E-state index < -0.39 is 55.9 Å². The lowest BCUT2D eigenvalue weighted by Crippen LogP contribution is -2.39. The van der Waals surface area contributed by atoms with E-state index in [4.69, 9.17) is 42.5 Å². The number of H-pyrrole nitrogens is 1. The number of aliphatic hydroxyl groups excluding tert-OH is 2. The lowest BCUT2D eigenvalue weighted by atomic mass is 9.98. The molecule has 1 aliphatic carbocycles. The number of aromatic amines is 1. The van der Waals surface area contributed by atoms with Gasteiger partial charge in [-0.25, -0.2) is 10.1 Å². The topological polar surface area (TPSA) is 196 Å². The van der Waals surface area contributed by atoms with Crippen molar-refractivity contribution < 1.29 is 33.5 Å². The first-order valence-corrected chi connectivity index (χ1v) is 16.4. The number of para-hydroxylation sites is 1. The number of hydrogen-bond acceptors (Lipinski definition) is 12. The molecule has 6 N–H and O–H groups in total. The summed E-state index contributed by atoms with van der Waals surface area (Å²) < 4.78 is 25.0.